The maximum Gasteiger partial charge on any atom is 0.0499 e. The number of hydrogen-bond acceptors (Lipinski definition) is 2. The average molecular weight is 169 g/mol. The van der Waals surface area contributed by atoms with Crippen LogP contribution in [0.25, 0.3) is 0 Å². The number of aliphatic hydroxyl groups is 1. The topological polar surface area (TPSA) is 46.2 Å². The van der Waals surface area contributed by atoms with E-state index in [1.807, 2.05) is 0 Å². The van der Waals surface area contributed by atoms with Crippen molar-refractivity contribution in [3.05, 3.63) is 12.2 Å². The number of aliphatic hydroxyl groups excluding tert-OH is 1. The van der Waals surface area contributed by atoms with Gasteiger partial charge in [-0.15, -0.1) is 0 Å². The minimum Gasteiger partial charge on any atom is -0.396 e. The standard InChI is InChI=1S/C10H19NO/c1-10(7-11,8-12)9-5-3-2-4-6-9/h2-3,9,12H,4-8,11H2,1H3. The molecule has 0 aromatic rings. The van der Waals surface area contributed by atoms with Gasteiger partial charge in [-0.2, -0.15) is 0 Å². The first kappa shape index (κ1) is 9.75. The Bertz CT molecular complexity index is 161. The molecule has 0 bridgehead atoms. The van der Waals surface area contributed by atoms with E-state index in [1.54, 1.807) is 0 Å². The van der Waals surface area contributed by atoms with Gasteiger partial charge in [-0.3, -0.25) is 0 Å². The van der Waals surface area contributed by atoms with Crippen LogP contribution in [-0.2, 0) is 0 Å². The van der Waals surface area contributed by atoms with Crippen LogP contribution in [0.4, 0.5) is 0 Å². The van der Waals surface area contributed by atoms with Crippen molar-refractivity contribution < 1.29 is 5.11 Å². The van der Waals surface area contributed by atoms with Gasteiger partial charge >= 0.3 is 0 Å². The second kappa shape index (κ2) is 4.06. The minimum absolute atomic E-state index is 0.0647. The number of allylic oxidation sites excluding steroid dienone is 2. The third-order valence-electron chi connectivity index (χ3n) is 3.08. The summed E-state index contributed by atoms with van der Waals surface area (Å²) in [6.45, 7) is 2.88. The second-order valence-electron chi connectivity index (χ2n) is 4.00. The fraction of sp³-hybridized carbons (Fsp3) is 0.800. The first-order valence-corrected chi connectivity index (χ1v) is 4.69. The summed E-state index contributed by atoms with van der Waals surface area (Å²) >= 11 is 0. The smallest absolute Gasteiger partial charge is 0.0499 e. The predicted molar refractivity (Wildman–Crippen MR) is 50.7 cm³/mol. The molecule has 2 unspecified atom stereocenters. The maximum absolute atomic E-state index is 9.23. The summed E-state index contributed by atoms with van der Waals surface area (Å²) in [5, 5.41) is 9.23. The van der Waals surface area contributed by atoms with Crippen LogP contribution < -0.4 is 5.73 Å². The molecule has 0 spiro atoms. The van der Waals surface area contributed by atoms with E-state index in [4.69, 9.17) is 5.73 Å². The lowest BCUT2D eigenvalue weighted by Gasteiger charge is -2.35. The molecule has 2 atom stereocenters. The van der Waals surface area contributed by atoms with E-state index in [0.717, 1.165) is 12.8 Å². The Labute approximate surface area is 74.5 Å². The Hall–Kier alpha value is -0.340. The lowest BCUT2D eigenvalue weighted by Crippen LogP contribution is -2.39. The molecule has 0 aliphatic heterocycles. The summed E-state index contributed by atoms with van der Waals surface area (Å²) in [6.07, 6.45) is 7.81. The average Bonchev–Trinajstić information content (AvgIpc) is 2.18. The van der Waals surface area contributed by atoms with Crippen LogP contribution in [-0.4, -0.2) is 18.3 Å². The Kier molecular flexibility index (Phi) is 3.29. The molecule has 3 N–H and O–H groups in total. The molecular formula is C10H19NO. The fourth-order valence-electron chi connectivity index (χ4n) is 1.79. The molecule has 2 heteroatoms. The van der Waals surface area contributed by atoms with E-state index in [9.17, 15) is 5.11 Å². The highest BCUT2D eigenvalue weighted by molar-refractivity contribution is 4.96. The predicted octanol–water partition coefficient (Wildman–Crippen LogP) is 1.30. The summed E-state index contributed by atoms with van der Waals surface area (Å²) < 4.78 is 0. The highest BCUT2D eigenvalue weighted by Gasteiger charge is 2.31. The molecule has 70 valence electrons. The molecule has 0 aromatic heterocycles. The van der Waals surface area contributed by atoms with Crippen molar-refractivity contribution in [3.8, 4) is 0 Å². The van der Waals surface area contributed by atoms with E-state index in [-0.39, 0.29) is 12.0 Å². The first-order valence-electron chi connectivity index (χ1n) is 4.69. The second-order valence-corrected chi connectivity index (χ2v) is 4.00. The number of nitrogens with two attached hydrogens (primary N) is 1. The van der Waals surface area contributed by atoms with Gasteiger partial charge in [-0.05, 0) is 25.2 Å². The van der Waals surface area contributed by atoms with Crippen LogP contribution in [0.3, 0.4) is 0 Å². The maximum atomic E-state index is 9.23. The van der Waals surface area contributed by atoms with E-state index >= 15 is 0 Å². The van der Waals surface area contributed by atoms with E-state index in [2.05, 4.69) is 19.1 Å². The summed E-state index contributed by atoms with van der Waals surface area (Å²) in [5.41, 5.74) is 5.60. The molecule has 1 aliphatic carbocycles. The summed E-state index contributed by atoms with van der Waals surface area (Å²) in [6, 6.07) is 0. The van der Waals surface area contributed by atoms with Gasteiger partial charge in [0.15, 0.2) is 0 Å². The van der Waals surface area contributed by atoms with Crippen molar-refractivity contribution >= 4 is 0 Å². The van der Waals surface area contributed by atoms with Gasteiger partial charge in [0.25, 0.3) is 0 Å². The molecule has 0 saturated carbocycles. The Morgan fingerprint density at radius 3 is 2.75 bits per heavy atom. The minimum atomic E-state index is -0.0647. The molecule has 0 fully saturated rings. The van der Waals surface area contributed by atoms with Gasteiger partial charge in [0.1, 0.15) is 0 Å². The van der Waals surface area contributed by atoms with Crippen LogP contribution in [0.5, 0.6) is 0 Å². The highest BCUT2D eigenvalue weighted by Crippen LogP contribution is 2.34. The Balaban J connectivity index is 2.59. The van der Waals surface area contributed by atoms with Crippen molar-refractivity contribution in [1.29, 1.82) is 0 Å². The van der Waals surface area contributed by atoms with Gasteiger partial charge in [-0.1, -0.05) is 19.1 Å². The number of hydrogen-bond donors (Lipinski definition) is 2. The molecule has 0 amide bonds. The summed E-state index contributed by atoms with van der Waals surface area (Å²) in [5.74, 6) is 0.567. The first-order chi connectivity index (χ1) is 5.73. The van der Waals surface area contributed by atoms with Gasteiger partial charge in [0.2, 0.25) is 0 Å². The number of rotatable bonds is 3. The highest BCUT2D eigenvalue weighted by atomic mass is 16.3. The molecule has 1 aliphatic rings. The zero-order valence-electron chi connectivity index (χ0n) is 7.79. The quantitative estimate of drug-likeness (QED) is 0.625. The third kappa shape index (κ3) is 1.87. The molecule has 0 radical (unpaired) electrons. The van der Waals surface area contributed by atoms with Gasteiger partial charge in [0.05, 0.1) is 0 Å². The molecule has 0 saturated heterocycles. The summed E-state index contributed by atoms with van der Waals surface area (Å²) in [4.78, 5) is 0. The molecule has 0 heterocycles. The van der Waals surface area contributed by atoms with Crippen molar-refractivity contribution in [3.63, 3.8) is 0 Å². The van der Waals surface area contributed by atoms with Crippen LogP contribution in [0.2, 0.25) is 0 Å². The van der Waals surface area contributed by atoms with Crippen molar-refractivity contribution in [2.75, 3.05) is 13.2 Å². The normalized spacial score (nSPS) is 28.4. The third-order valence-corrected chi connectivity index (χ3v) is 3.08. The molecule has 1 rings (SSSR count). The van der Waals surface area contributed by atoms with Gasteiger partial charge < -0.3 is 10.8 Å². The van der Waals surface area contributed by atoms with E-state index < -0.39 is 0 Å². The zero-order valence-corrected chi connectivity index (χ0v) is 7.79. The van der Waals surface area contributed by atoms with Crippen LogP contribution in [0, 0.1) is 11.3 Å². The summed E-state index contributed by atoms with van der Waals surface area (Å²) in [7, 11) is 0. The zero-order chi connectivity index (χ0) is 9.03. The van der Waals surface area contributed by atoms with Crippen LogP contribution in [0.1, 0.15) is 26.2 Å². The van der Waals surface area contributed by atoms with Crippen molar-refractivity contribution in [2.45, 2.75) is 26.2 Å². The Morgan fingerprint density at radius 1 is 1.58 bits per heavy atom. The molecule has 2 nitrogen and oxygen atoms in total. The van der Waals surface area contributed by atoms with Gasteiger partial charge in [-0.25, -0.2) is 0 Å². The lowest BCUT2D eigenvalue weighted by atomic mass is 9.72. The molecule has 12 heavy (non-hydrogen) atoms. The van der Waals surface area contributed by atoms with Crippen molar-refractivity contribution in [2.24, 2.45) is 17.1 Å². The van der Waals surface area contributed by atoms with Crippen LogP contribution >= 0.6 is 0 Å². The van der Waals surface area contributed by atoms with Crippen LogP contribution in [0.15, 0.2) is 12.2 Å². The fourth-order valence-corrected chi connectivity index (χ4v) is 1.79. The molecular weight excluding hydrogens is 150 g/mol. The van der Waals surface area contributed by atoms with E-state index in [0.29, 0.717) is 12.5 Å². The largest absolute Gasteiger partial charge is 0.396 e. The van der Waals surface area contributed by atoms with Gasteiger partial charge in [0, 0.05) is 18.6 Å². The molecule has 0 aromatic carbocycles. The SMILES string of the molecule is CC(CN)(CO)C1CC=CCC1. The lowest BCUT2D eigenvalue weighted by molar-refractivity contribution is 0.0803. The monoisotopic (exact) mass is 169 g/mol. The van der Waals surface area contributed by atoms with E-state index in [1.165, 1.54) is 6.42 Å². The van der Waals surface area contributed by atoms with Crippen molar-refractivity contribution in [1.82, 2.24) is 0 Å². The Morgan fingerprint density at radius 2 is 2.33 bits per heavy atom.